The predicted molar refractivity (Wildman–Crippen MR) is 72.5 cm³/mol. The van der Waals surface area contributed by atoms with Gasteiger partial charge in [-0.15, -0.1) is 0 Å². The largest absolute Gasteiger partial charge is 0.377 e. The van der Waals surface area contributed by atoms with Gasteiger partial charge in [0.2, 0.25) is 0 Å². The smallest absolute Gasteiger partial charge is 0.0808 e. The van der Waals surface area contributed by atoms with Gasteiger partial charge in [0.1, 0.15) is 0 Å². The van der Waals surface area contributed by atoms with Gasteiger partial charge in [0.15, 0.2) is 0 Å². The van der Waals surface area contributed by atoms with E-state index >= 15 is 0 Å². The molecule has 0 bridgehead atoms. The lowest BCUT2D eigenvalue weighted by Gasteiger charge is -2.23. The fraction of sp³-hybridized carbons (Fsp3) is 0.600. The van der Waals surface area contributed by atoms with Crippen LogP contribution in [-0.4, -0.2) is 25.9 Å². The highest BCUT2D eigenvalue weighted by Gasteiger charge is 2.15. The van der Waals surface area contributed by atoms with Crippen molar-refractivity contribution in [2.24, 2.45) is 5.73 Å². The van der Waals surface area contributed by atoms with Crippen LogP contribution in [-0.2, 0) is 9.47 Å². The fourth-order valence-corrected chi connectivity index (χ4v) is 2.36. The number of hydrogen-bond acceptors (Lipinski definition) is 3. The van der Waals surface area contributed by atoms with E-state index in [9.17, 15) is 0 Å². The number of nitrogens with two attached hydrogens (primary N) is 1. The van der Waals surface area contributed by atoms with Crippen LogP contribution < -0.4 is 5.73 Å². The maximum atomic E-state index is 6.15. The van der Waals surface area contributed by atoms with Gasteiger partial charge in [-0.25, -0.2) is 0 Å². The molecule has 0 amide bonds. The molecule has 100 valence electrons. The molecule has 1 saturated heterocycles. The summed E-state index contributed by atoms with van der Waals surface area (Å²) in [6, 6.07) is 8.16. The summed E-state index contributed by atoms with van der Waals surface area (Å²) in [6.07, 6.45) is 3.80. The Balaban J connectivity index is 1.74. The minimum Gasteiger partial charge on any atom is -0.377 e. The first-order valence-corrected chi connectivity index (χ1v) is 6.78. The summed E-state index contributed by atoms with van der Waals surface area (Å²) in [5.74, 6) is 0. The van der Waals surface area contributed by atoms with E-state index in [4.69, 9.17) is 15.2 Å². The molecule has 1 heterocycles. The van der Waals surface area contributed by atoms with Crippen molar-refractivity contribution in [1.29, 1.82) is 0 Å². The van der Waals surface area contributed by atoms with Gasteiger partial charge in [-0.1, -0.05) is 24.3 Å². The molecule has 1 aromatic carbocycles. The summed E-state index contributed by atoms with van der Waals surface area (Å²) in [5, 5.41) is 0. The Morgan fingerprint density at radius 2 is 2.22 bits per heavy atom. The minimum absolute atomic E-state index is 0.0465. The van der Waals surface area contributed by atoms with Gasteiger partial charge in [0.25, 0.3) is 0 Å². The van der Waals surface area contributed by atoms with Crippen molar-refractivity contribution in [2.75, 3.05) is 19.8 Å². The third kappa shape index (κ3) is 3.80. The predicted octanol–water partition coefficient (Wildman–Crippen LogP) is 2.58. The lowest BCUT2D eigenvalue weighted by atomic mass is 10.0. The molecule has 2 rings (SSSR count). The Morgan fingerprint density at radius 1 is 1.39 bits per heavy atom. The average Bonchev–Trinajstić information content (AvgIpc) is 2.40. The minimum atomic E-state index is -0.0465. The van der Waals surface area contributed by atoms with Gasteiger partial charge < -0.3 is 15.2 Å². The molecule has 1 aromatic rings. The monoisotopic (exact) mass is 249 g/mol. The molecular formula is C15H23NO2. The Morgan fingerprint density at radius 3 is 2.94 bits per heavy atom. The fourth-order valence-electron chi connectivity index (χ4n) is 2.36. The number of benzene rings is 1. The van der Waals surface area contributed by atoms with Crippen LogP contribution in [0.25, 0.3) is 0 Å². The Kier molecular flexibility index (Phi) is 5.17. The van der Waals surface area contributed by atoms with E-state index in [0.717, 1.165) is 13.0 Å². The molecule has 0 aliphatic carbocycles. The second-order valence-corrected chi connectivity index (χ2v) is 4.99. The summed E-state index contributed by atoms with van der Waals surface area (Å²) >= 11 is 0. The van der Waals surface area contributed by atoms with Crippen LogP contribution in [0.1, 0.15) is 36.4 Å². The highest BCUT2D eigenvalue weighted by molar-refractivity contribution is 5.28. The molecule has 0 spiro atoms. The Bertz CT molecular complexity index is 361. The van der Waals surface area contributed by atoms with E-state index < -0.39 is 0 Å². The van der Waals surface area contributed by atoms with E-state index in [1.165, 1.54) is 24.0 Å². The molecule has 2 atom stereocenters. The molecule has 1 aliphatic rings. The van der Waals surface area contributed by atoms with E-state index in [-0.39, 0.29) is 12.1 Å². The van der Waals surface area contributed by atoms with E-state index in [1.807, 2.05) is 12.1 Å². The van der Waals surface area contributed by atoms with E-state index in [2.05, 4.69) is 19.1 Å². The van der Waals surface area contributed by atoms with Crippen LogP contribution in [0, 0.1) is 6.92 Å². The van der Waals surface area contributed by atoms with Crippen molar-refractivity contribution in [3.05, 3.63) is 35.4 Å². The molecule has 2 unspecified atom stereocenters. The average molecular weight is 249 g/mol. The lowest BCUT2D eigenvalue weighted by molar-refractivity contribution is -0.0428. The number of hydrogen-bond donors (Lipinski definition) is 1. The standard InChI is InChI=1S/C15H23NO2/c1-12-6-2-3-8-14(12)15(16)11-17-10-13-7-4-5-9-18-13/h2-3,6,8,13,15H,4-5,7,9-11,16H2,1H3. The molecule has 0 radical (unpaired) electrons. The molecule has 18 heavy (non-hydrogen) atoms. The molecule has 3 heteroatoms. The Hall–Kier alpha value is -0.900. The van der Waals surface area contributed by atoms with Crippen LogP contribution in [0.3, 0.4) is 0 Å². The van der Waals surface area contributed by atoms with Gasteiger partial charge >= 0.3 is 0 Å². The van der Waals surface area contributed by atoms with Gasteiger partial charge in [0.05, 0.1) is 25.4 Å². The zero-order chi connectivity index (χ0) is 12.8. The van der Waals surface area contributed by atoms with Gasteiger partial charge in [-0.3, -0.25) is 0 Å². The van der Waals surface area contributed by atoms with E-state index in [1.54, 1.807) is 0 Å². The molecule has 0 saturated carbocycles. The highest BCUT2D eigenvalue weighted by atomic mass is 16.5. The second kappa shape index (κ2) is 6.88. The summed E-state index contributed by atoms with van der Waals surface area (Å²) in [7, 11) is 0. The Labute approximate surface area is 109 Å². The van der Waals surface area contributed by atoms with Crippen molar-refractivity contribution < 1.29 is 9.47 Å². The third-order valence-corrected chi connectivity index (χ3v) is 3.46. The maximum absolute atomic E-state index is 6.15. The van der Waals surface area contributed by atoms with Crippen LogP contribution in [0.5, 0.6) is 0 Å². The summed E-state index contributed by atoms with van der Waals surface area (Å²) in [6.45, 7) is 4.18. The number of aryl methyl sites for hydroxylation is 1. The summed E-state index contributed by atoms with van der Waals surface area (Å²) < 4.78 is 11.3. The zero-order valence-corrected chi connectivity index (χ0v) is 11.1. The molecule has 3 nitrogen and oxygen atoms in total. The zero-order valence-electron chi connectivity index (χ0n) is 11.1. The highest BCUT2D eigenvalue weighted by Crippen LogP contribution is 2.17. The van der Waals surface area contributed by atoms with E-state index in [0.29, 0.717) is 13.2 Å². The third-order valence-electron chi connectivity index (χ3n) is 3.46. The molecule has 1 aliphatic heterocycles. The van der Waals surface area contributed by atoms with Crippen molar-refractivity contribution in [3.63, 3.8) is 0 Å². The van der Waals surface area contributed by atoms with Crippen LogP contribution in [0.4, 0.5) is 0 Å². The molecule has 2 N–H and O–H groups in total. The molecule has 0 aromatic heterocycles. The first-order valence-electron chi connectivity index (χ1n) is 6.78. The first kappa shape index (κ1) is 13.5. The van der Waals surface area contributed by atoms with Crippen molar-refractivity contribution >= 4 is 0 Å². The number of rotatable bonds is 5. The van der Waals surface area contributed by atoms with Crippen LogP contribution >= 0.6 is 0 Å². The van der Waals surface area contributed by atoms with Crippen molar-refractivity contribution in [1.82, 2.24) is 0 Å². The maximum Gasteiger partial charge on any atom is 0.0808 e. The van der Waals surface area contributed by atoms with Gasteiger partial charge in [-0.2, -0.15) is 0 Å². The topological polar surface area (TPSA) is 44.5 Å². The molecule has 1 fully saturated rings. The SMILES string of the molecule is Cc1ccccc1C(N)COCC1CCCCO1. The van der Waals surface area contributed by atoms with Crippen molar-refractivity contribution in [2.45, 2.75) is 38.3 Å². The van der Waals surface area contributed by atoms with Crippen LogP contribution in [0.2, 0.25) is 0 Å². The van der Waals surface area contributed by atoms with Gasteiger partial charge in [-0.05, 0) is 37.3 Å². The van der Waals surface area contributed by atoms with Crippen molar-refractivity contribution in [3.8, 4) is 0 Å². The first-order chi connectivity index (χ1) is 8.77. The molecular weight excluding hydrogens is 226 g/mol. The number of ether oxygens (including phenoxy) is 2. The quantitative estimate of drug-likeness (QED) is 0.872. The summed E-state index contributed by atoms with van der Waals surface area (Å²) in [5.41, 5.74) is 8.54. The van der Waals surface area contributed by atoms with Gasteiger partial charge in [0, 0.05) is 6.61 Å². The normalized spacial score (nSPS) is 21.8. The van der Waals surface area contributed by atoms with Crippen LogP contribution in [0.15, 0.2) is 24.3 Å². The second-order valence-electron chi connectivity index (χ2n) is 4.99. The lowest BCUT2D eigenvalue weighted by Crippen LogP contribution is -2.27. The summed E-state index contributed by atoms with van der Waals surface area (Å²) in [4.78, 5) is 0.